The van der Waals surface area contributed by atoms with E-state index in [1.807, 2.05) is 49.5 Å². The summed E-state index contributed by atoms with van der Waals surface area (Å²) in [7, 11) is 0. The van der Waals surface area contributed by atoms with Gasteiger partial charge in [-0.3, -0.25) is 9.79 Å². The van der Waals surface area contributed by atoms with Crippen LogP contribution in [0.25, 0.3) is 0 Å². The first-order chi connectivity index (χ1) is 12.6. The number of hydrogen-bond acceptors (Lipinski definition) is 3. The average Bonchev–Trinajstić information content (AvgIpc) is 3.00. The zero-order valence-electron chi connectivity index (χ0n) is 14.5. The van der Waals surface area contributed by atoms with Crippen LogP contribution in [0.1, 0.15) is 36.8 Å². The number of hydrogen-bond donors (Lipinski definition) is 1. The highest BCUT2D eigenvalue weighted by molar-refractivity contribution is 6.31. The van der Waals surface area contributed by atoms with Crippen LogP contribution in [0.15, 0.2) is 47.5 Å². The van der Waals surface area contributed by atoms with Gasteiger partial charge in [0, 0.05) is 28.6 Å². The maximum absolute atomic E-state index is 12.9. The molecule has 2 aliphatic rings. The molecule has 0 amide bonds. The number of nitrogens with zero attached hydrogens (tertiary/aromatic N) is 1. The van der Waals surface area contributed by atoms with E-state index in [4.69, 9.17) is 23.2 Å². The molecule has 1 N–H and O–H groups in total. The fourth-order valence-electron chi connectivity index (χ4n) is 4.46. The van der Waals surface area contributed by atoms with Gasteiger partial charge >= 0.3 is 0 Å². The third-order valence-electron chi connectivity index (χ3n) is 5.60. The number of rotatable bonds is 3. The molecule has 3 atom stereocenters. The van der Waals surface area contributed by atoms with Gasteiger partial charge < -0.3 is 5.32 Å². The molecular weight excluding hydrogens is 367 g/mol. The fourth-order valence-corrected chi connectivity index (χ4v) is 4.83. The van der Waals surface area contributed by atoms with E-state index in [9.17, 15) is 4.79 Å². The largest absolute Gasteiger partial charge is 0.306 e. The van der Waals surface area contributed by atoms with Crippen molar-refractivity contribution in [2.24, 2.45) is 4.99 Å². The first kappa shape index (κ1) is 17.7. The number of fused-ring (bicyclic) bond motifs is 2. The Hall–Kier alpha value is -1.68. The Balaban J connectivity index is 1.92. The molecule has 2 aromatic rings. The lowest BCUT2D eigenvalue weighted by Crippen LogP contribution is -2.60. The molecule has 3 nitrogen and oxygen atoms in total. The lowest BCUT2D eigenvalue weighted by atomic mass is 9.60. The number of halogens is 2. The van der Waals surface area contributed by atoms with Gasteiger partial charge in [0.15, 0.2) is 5.78 Å². The van der Waals surface area contributed by atoms with Crippen molar-refractivity contribution in [3.05, 3.63) is 63.6 Å². The number of benzene rings is 2. The van der Waals surface area contributed by atoms with E-state index in [2.05, 4.69) is 16.4 Å². The molecule has 5 heteroatoms. The molecule has 1 saturated heterocycles. The van der Waals surface area contributed by atoms with E-state index in [0.717, 1.165) is 29.8 Å². The number of ketones is 1. The molecule has 0 aliphatic carbocycles. The summed E-state index contributed by atoms with van der Waals surface area (Å²) in [5.74, 6) is 0.320. The molecule has 2 heterocycles. The molecule has 1 spiro atoms. The van der Waals surface area contributed by atoms with Crippen LogP contribution < -0.4 is 5.32 Å². The quantitative estimate of drug-likeness (QED) is 0.799. The maximum atomic E-state index is 12.9. The number of Topliss-reactive ketones (excluding diaryl/α,β-unsaturated/α-hetero) is 1. The summed E-state index contributed by atoms with van der Waals surface area (Å²) in [5, 5.41) is 4.83. The van der Waals surface area contributed by atoms with Gasteiger partial charge in [0.1, 0.15) is 0 Å². The van der Waals surface area contributed by atoms with E-state index in [-0.39, 0.29) is 17.7 Å². The Morgan fingerprint density at radius 2 is 2.04 bits per heavy atom. The summed E-state index contributed by atoms with van der Waals surface area (Å²) < 4.78 is 0. The highest BCUT2D eigenvalue weighted by Gasteiger charge is 2.53. The predicted molar refractivity (Wildman–Crippen MR) is 107 cm³/mol. The molecule has 1 fully saturated rings. The smallest absolute Gasteiger partial charge is 0.150 e. The lowest BCUT2D eigenvalue weighted by Gasteiger charge is -2.46. The Morgan fingerprint density at radius 1 is 1.23 bits per heavy atom. The molecule has 0 aromatic heterocycles. The minimum atomic E-state index is -0.518. The van der Waals surface area contributed by atoms with Gasteiger partial charge in [0.25, 0.3) is 0 Å². The number of carbonyl (C=O) groups excluding carboxylic acids is 1. The SMILES string of the molecule is CCC(=O)[C@@H]1NCC[C@@H](c2cccc(Cl)c2)[C@]12C=Nc1cc(Cl)ccc12. The molecule has 0 radical (unpaired) electrons. The topological polar surface area (TPSA) is 41.5 Å². The molecule has 0 bridgehead atoms. The van der Waals surface area contributed by atoms with E-state index in [1.165, 1.54) is 0 Å². The Kier molecular flexibility index (Phi) is 4.64. The van der Waals surface area contributed by atoms with Gasteiger partial charge in [-0.25, -0.2) is 0 Å². The Labute approximate surface area is 163 Å². The van der Waals surface area contributed by atoms with Gasteiger partial charge in [0.2, 0.25) is 0 Å². The molecule has 26 heavy (non-hydrogen) atoms. The Bertz CT molecular complexity index is 895. The molecule has 134 valence electrons. The van der Waals surface area contributed by atoms with Gasteiger partial charge in [-0.2, -0.15) is 0 Å². The summed E-state index contributed by atoms with van der Waals surface area (Å²) in [6.45, 7) is 2.70. The predicted octanol–water partition coefficient (Wildman–Crippen LogP) is 5.07. The minimum absolute atomic E-state index is 0.120. The van der Waals surface area contributed by atoms with Crippen LogP contribution in [-0.2, 0) is 10.2 Å². The summed E-state index contributed by atoms with van der Waals surface area (Å²) in [6, 6.07) is 13.4. The molecule has 2 aromatic carbocycles. The van der Waals surface area contributed by atoms with Crippen molar-refractivity contribution in [1.82, 2.24) is 5.32 Å². The van der Waals surface area contributed by atoms with E-state index in [1.54, 1.807) is 0 Å². The van der Waals surface area contributed by atoms with Crippen molar-refractivity contribution in [1.29, 1.82) is 0 Å². The van der Waals surface area contributed by atoms with Crippen LogP contribution in [0.5, 0.6) is 0 Å². The number of piperidine rings is 1. The van der Waals surface area contributed by atoms with Crippen LogP contribution in [0.4, 0.5) is 5.69 Å². The number of nitrogens with one attached hydrogen (secondary N) is 1. The van der Waals surface area contributed by atoms with Crippen LogP contribution in [-0.4, -0.2) is 24.6 Å². The monoisotopic (exact) mass is 386 g/mol. The third-order valence-corrected chi connectivity index (χ3v) is 6.07. The standard InChI is InChI=1S/C21H20Cl2N2O/c1-2-19(26)20-21(12-25-18-11-15(23)6-7-17(18)21)16(8-9-24-20)13-4-3-5-14(22)10-13/h3-7,10-12,16,20,24H,2,8-9H2,1H3/t16-,20-,21-/m0/s1. The third kappa shape index (κ3) is 2.70. The van der Waals surface area contributed by atoms with E-state index < -0.39 is 5.41 Å². The van der Waals surface area contributed by atoms with E-state index >= 15 is 0 Å². The average molecular weight is 387 g/mol. The molecule has 2 aliphatic heterocycles. The van der Waals surface area contributed by atoms with Crippen molar-refractivity contribution in [3.63, 3.8) is 0 Å². The van der Waals surface area contributed by atoms with Crippen molar-refractivity contribution in [3.8, 4) is 0 Å². The molecule has 0 saturated carbocycles. The second-order valence-corrected chi connectivity index (χ2v) is 7.83. The van der Waals surface area contributed by atoms with Gasteiger partial charge in [-0.1, -0.05) is 48.3 Å². The van der Waals surface area contributed by atoms with Crippen LogP contribution in [0, 0.1) is 0 Å². The van der Waals surface area contributed by atoms with Crippen molar-refractivity contribution < 1.29 is 4.79 Å². The van der Waals surface area contributed by atoms with Crippen molar-refractivity contribution >= 4 is 40.9 Å². The van der Waals surface area contributed by atoms with E-state index in [0.29, 0.717) is 16.5 Å². The second-order valence-electron chi connectivity index (χ2n) is 6.96. The first-order valence-electron chi connectivity index (χ1n) is 8.93. The molecular formula is C21H20Cl2N2O. The maximum Gasteiger partial charge on any atom is 0.150 e. The Morgan fingerprint density at radius 3 is 2.81 bits per heavy atom. The first-order valence-corrected chi connectivity index (χ1v) is 9.68. The van der Waals surface area contributed by atoms with Crippen LogP contribution in [0.3, 0.4) is 0 Å². The van der Waals surface area contributed by atoms with Gasteiger partial charge in [-0.05, 0) is 48.4 Å². The van der Waals surface area contributed by atoms with Crippen molar-refractivity contribution in [2.75, 3.05) is 6.54 Å². The van der Waals surface area contributed by atoms with Gasteiger partial charge in [-0.15, -0.1) is 0 Å². The summed E-state index contributed by atoms with van der Waals surface area (Å²) in [5.41, 5.74) is 2.53. The second kappa shape index (κ2) is 6.80. The fraction of sp³-hybridized carbons (Fsp3) is 0.333. The highest BCUT2D eigenvalue weighted by atomic mass is 35.5. The number of carbonyl (C=O) groups is 1. The normalized spacial score (nSPS) is 26.9. The van der Waals surface area contributed by atoms with Crippen molar-refractivity contribution in [2.45, 2.75) is 37.1 Å². The minimum Gasteiger partial charge on any atom is -0.306 e. The lowest BCUT2D eigenvalue weighted by molar-refractivity contribution is -0.122. The summed E-state index contributed by atoms with van der Waals surface area (Å²) in [6.07, 6.45) is 3.35. The highest BCUT2D eigenvalue weighted by Crippen LogP contribution is 2.52. The summed E-state index contributed by atoms with van der Waals surface area (Å²) in [4.78, 5) is 17.5. The summed E-state index contributed by atoms with van der Waals surface area (Å²) >= 11 is 12.4. The van der Waals surface area contributed by atoms with Gasteiger partial charge in [0.05, 0.1) is 17.1 Å². The number of aliphatic imine (C=N–C) groups is 1. The zero-order valence-corrected chi connectivity index (χ0v) is 16.0. The van der Waals surface area contributed by atoms with Crippen LogP contribution >= 0.6 is 23.2 Å². The van der Waals surface area contributed by atoms with Crippen LogP contribution in [0.2, 0.25) is 10.0 Å². The zero-order chi connectivity index (χ0) is 18.3. The molecule has 0 unspecified atom stereocenters. The molecule has 4 rings (SSSR count).